The molecule has 1 aromatic heterocycles. The summed E-state index contributed by atoms with van der Waals surface area (Å²) in [6.07, 6.45) is -4.53. The summed E-state index contributed by atoms with van der Waals surface area (Å²) in [7, 11) is 0. The van der Waals surface area contributed by atoms with Gasteiger partial charge in [0.1, 0.15) is 10.8 Å². The summed E-state index contributed by atoms with van der Waals surface area (Å²) >= 11 is 6.17. The maximum atomic E-state index is 13.4. The van der Waals surface area contributed by atoms with Crippen molar-refractivity contribution in [2.24, 2.45) is 0 Å². The normalized spacial score (nSPS) is 11.8. The molecule has 0 unspecified atom stereocenters. The maximum absolute atomic E-state index is 13.4. The van der Waals surface area contributed by atoms with E-state index in [0.717, 1.165) is 17.6 Å². The van der Waals surface area contributed by atoms with Crippen molar-refractivity contribution in [3.05, 3.63) is 34.9 Å². The second-order valence-electron chi connectivity index (χ2n) is 3.06. The highest BCUT2D eigenvalue weighted by molar-refractivity contribution is 7.09. The Balaban J connectivity index is 2.54. The Kier molecular flexibility index (Phi) is 3.05. The van der Waals surface area contributed by atoms with Crippen molar-refractivity contribution >= 4 is 23.1 Å². The maximum Gasteiger partial charge on any atom is 0.416 e. The van der Waals surface area contributed by atoms with Crippen LogP contribution in [0.1, 0.15) is 5.56 Å². The summed E-state index contributed by atoms with van der Waals surface area (Å²) in [5.74, 6) is -0.800. The van der Waals surface area contributed by atoms with Gasteiger partial charge in [0.05, 0.1) is 5.56 Å². The lowest BCUT2D eigenvalue weighted by atomic mass is 10.1. The number of aromatic nitrogens is 2. The molecule has 0 radical (unpaired) electrons. The van der Waals surface area contributed by atoms with Crippen LogP contribution in [0.4, 0.5) is 17.6 Å². The zero-order valence-corrected chi connectivity index (χ0v) is 9.50. The van der Waals surface area contributed by atoms with E-state index in [1.165, 1.54) is 0 Å². The summed E-state index contributed by atoms with van der Waals surface area (Å²) in [4.78, 5) is 3.63. The number of halogens is 5. The first kappa shape index (κ1) is 12.3. The SMILES string of the molecule is Fc1ccc(C(F)(F)F)cc1-c1nc(Cl)ns1. The molecule has 0 spiro atoms. The van der Waals surface area contributed by atoms with Crippen LogP contribution in [-0.4, -0.2) is 9.36 Å². The molecule has 1 heterocycles. The van der Waals surface area contributed by atoms with E-state index >= 15 is 0 Å². The van der Waals surface area contributed by atoms with Crippen LogP contribution in [0.15, 0.2) is 18.2 Å². The quantitative estimate of drug-likeness (QED) is 0.738. The highest BCUT2D eigenvalue weighted by atomic mass is 35.5. The van der Waals surface area contributed by atoms with Crippen LogP contribution in [0.3, 0.4) is 0 Å². The Hall–Kier alpha value is -1.21. The predicted molar refractivity (Wildman–Crippen MR) is 55.3 cm³/mol. The lowest BCUT2D eigenvalue weighted by Crippen LogP contribution is -2.05. The van der Waals surface area contributed by atoms with Gasteiger partial charge < -0.3 is 0 Å². The van der Waals surface area contributed by atoms with Gasteiger partial charge in [-0.05, 0) is 41.3 Å². The van der Waals surface area contributed by atoms with Gasteiger partial charge in [0.2, 0.25) is 5.28 Å². The van der Waals surface area contributed by atoms with E-state index < -0.39 is 17.6 Å². The van der Waals surface area contributed by atoms with Gasteiger partial charge in [-0.3, -0.25) is 0 Å². The van der Waals surface area contributed by atoms with Gasteiger partial charge >= 0.3 is 6.18 Å². The van der Waals surface area contributed by atoms with E-state index in [1.807, 2.05) is 0 Å². The van der Waals surface area contributed by atoms with E-state index in [9.17, 15) is 17.6 Å². The van der Waals surface area contributed by atoms with Gasteiger partial charge in [-0.1, -0.05) is 0 Å². The number of hydrogen-bond donors (Lipinski definition) is 0. The van der Waals surface area contributed by atoms with Crippen LogP contribution < -0.4 is 0 Å². The minimum absolute atomic E-state index is 0.0126. The van der Waals surface area contributed by atoms with Crippen molar-refractivity contribution in [3.8, 4) is 10.6 Å². The first-order valence-corrected chi connectivity index (χ1v) is 5.39. The Labute approximate surface area is 102 Å². The second kappa shape index (κ2) is 4.23. The highest BCUT2D eigenvalue weighted by Crippen LogP contribution is 2.34. The Bertz CT molecular complexity index is 552. The van der Waals surface area contributed by atoms with Crippen molar-refractivity contribution in [1.29, 1.82) is 0 Å². The van der Waals surface area contributed by atoms with Crippen LogP contribution in [-0.2, 0) is 6.18 Å². The predicted octanol–water partition coefficient (Wildman–Crippen LogP) is 4.02. The number of hydrogen-bond acceptors (Lipinski definition) is 3. The summed E-state index contributed by atoms with van der Waals surface area (Å²) in [6.45, 7) is 0. The Morgan fingerprint density at radius 2 is 1.94 bits per heavy atom. The highest BCUT2D eigenvalue weighted by Gasteiger charge is 2.31. The number of rotatable bonds is 1. The van der Waals surface area contributed by atoms with Gasteiger partial charge in [0, 0.05) is 5.56 Å². The third-order valence-electron chi connectivity index (χ3n) is 1.93. The standard InChI is InChI=1S/C9H3ClF4N2S/c10-8-15-7(17-16-8)5-3-4(9(12,13)14)1-2-6(5)11/h1-3H. The van der Waals surface area contributed by atoms with Gasteiger partial charge in [-0.25, -0.2) is 9.37 Å². The lowest BCUT2D eigenvalue weighted by molar-refractivity contribution is -0.137. The van der Waals surface area contributed by atoms with Crippen molar-refractivity contribution < 1.29 is 17.6 Å². The molecule has 8 heteroatoms. The molecule has 90 valence electrons. The molecule has 17 heavy (non-hydrogen) atoms. The molecule has 0 N–H and O–H groups in total. The van der Waals surface area contributed by atoms with E-state index in [1.54, 1.807) is 0 Å². The molecule has 0 fully saturated rings. The minimum Gasteiger partial charge on any atom is -0.206 e. The van der Waals surface area contributed by atoms with Gasteiger partial charge in [-0.15, -0.1) is 0 Å². The molecule has 0 amide bonds. The van der Waals surface area contributed by atoms with Crippen LogP contribution >= 0.6 is 23.1 Å². The van der Waals surface area contributed by atoms with E-state index in [2.05, 4.69) is 9.36 Å². The number of benzene rings is 1. The van der Waals surface area contributed by atoms with Gasteiger partial charge in [0.15, 0.2) is 0 Å². The molecule has 0 saturated carbocycles. The van der Waals surface area contributed by atoms with E-state index in [0.29, 0.717) is 12.1 Å². The molecule has 0 atom stereocenters. The second-order valence-corrected chi connectivity index (χ2v) is 4.15. The summed E-state index contributed by atoms with van der Waals surface area (Å²) in [6, 6.07) is 2.10. The smallest absolute Gasteiger partial charge is 0.206 e. The average Bonchev–Trinajstić information content (AvgIpc) is 2.63. The zero-order chi connectivity index (χ0) is 12.6. The third kappa shape index (κ3) is 2.55. The first-order chi connectivity index (χ1) is 7.88. The third-order valence-corrected chi connectivity index (χ3v) is 2.94. The number of alkyl halides is 3. The molecule has 0 aliphatic carbocycles. The van der Waals surface area contributed by atoms with Crippen molar-refractivity contribution in [2.75, 3.05) is 0 Å². The molecule has 2 aromatic rings. The van der Waals surface area contributed by atoms with Gasteiger partial charge in [0.25, 0.3) is 0 Å². The van der Waals surface area contributed by atoms with Crippen LogP contribution in [0.2, 0.25) is 5.28 Å². The fourth-order valence-corrected chi connectivity index (χ4v) is 2.00. The minimum atomic E-state index is -4.53. The van der Waals surface area contributed by atoms with Crippen molar-refractivity contribution in [2.45, 2.75) is 6.18 Å². The van der Waals surface area contributed by atoms with Crippen LogP contribution in [0, 0.1) is 5.82 Å². The van der Waals surface area contributed by atoms with E-state index in [-0.39, 0.29) is 15.9 Å². The van der Waals surface area contributed by atoms with Gasteiger partial charge in [-0.2, -0.15) is 17.5 Å². The number of nitrogens with zero attached hydrogens (tertiary/aromatic N) is 2. The molecular weight excluding hydrogens is 280 g/mol. The summed E-state index contributed by atoms with van der Waals surface area (Å²) < 4.78 is 54.3. The molecular formula is C9H3ClF4N2S. The molecule has 2 rings (SSSR count). The monoisotopic (exact) mass is 282 g/mol. The van der Waals surface area contributed by atoms with Crippen molar-refractivity contribution in [3.63, 3.8) is 0 Å². The van der Waals surface area contributed by atoms with Crippen LogP contribution in [0.5, 0.6) is 0 Å². The average molecular weight is 283 g/mol. The topological polar surface area (TPSA) is 25.8 Å². The molecule has 0 saturated heterocycles. The lowest BCUT2D eigenvalue weighted by Gasteiger charge is -2.07. The molecule has 0 aliphatic rings. The zero-order valence-electron chi connectivity index (χ0n) is 7.92. The Morgan fingerprint density at radius 1 is 1.24 bits per heavy atom. The largest absolute Gasteiger partial charge is 0.416 e. The van der Waals surface area contributed by atoms with Crippen molar-refractivity contribution in [1.82, 2.24) is 9.36 Å². The molecule has 0 bridgehead atoms. The van der Waals surface area contributed by atoms with E-state index in [4.69, 9.17) is 11.6 Å². The Morgan fingerprint density at radius 3 is 2.47 bits per heavy atom. The fourth-order valence-electron chi connectivity index (χ4n) is 1.18. The summed E-state index contributed by atoms with van der Waals surface area (Å²) in [5, 5.41) is -0.111. The molecule has 2 nitrogen and oxygen atoms in total. The molecule has 0 aliphatic heterocycles. The molecule has 1 aromatic carbocycles. The summed E-state index contributed by atoms with van der Waals surface area (Å²) in [5.41, 5.74) is -1.20. The van der Waals surface area contributed by atoms with Crippen LogP contribution in [0.25, 0.3) is 10.6 Å². The fraction of sp³-hybridized carbons (Fsp3) is 0.111. The first-order valence-electron chi connectivity index (χ1n) is 4.24.